The average molecular weight is 385 g/mol. The van der Waals surface area contributed by atoms with Crippen LogP contribution >= 0.6 is 0 Å². The van der Waals surface area contributed by atoms with Crippen LogP contribution in [0.4, 0.5) is 0 Å². The number of amides is 1. The minimum Gasteiger partial charge on any atom is -0.336 e. The van der Waals surface area contributed by atoms with Gasteiger partial charge in [0.2, 0.25) is 0 Å². The average Bonchev–Trinajstić information content (AvgIpc) is 3.41. The molecule has 3 aromatic rings. The Bertz CT molecular complexity index is 1060. The van der Waals surface area contributed by atoms with E-state index < -0.39 is 0 Å². The normalized spacial score (nSPS) is 16.0. The molecule has 4 rings (SSSR count). The minimum atomic E-state index is -0.0523. The summed E-state index contributed by atoms with van der Waals surface area (Å²) in [7, 11) is 1.92. The summed E-state index contributed by atoms with van der Waals surface area (Å²) in [6.45, 7) is 3.46. The molecule has 1 aromatic heterocycles. The fraction of sp³-hybridized carbons (Fsp3) is 0.261. The third-order valence-corrected chi connectivity index (χ3v) is 5.40. The van der Waals surface area contributed by atoms with E-state index in [9.17, 15) is 4.79 Å². The zero-order valence-electron chi connectivity index (χ0n) is 16.6. The van der Waals surface area contributed by atoms with Crippen LogP contribution in [0.15, 0.2) is 54.6 Å². The van der Waals surface area contributed by atoms with Crippen molar-refractivity contribution in [3.05, 3.63) is 71.4 Å². The highest BCUT2D eigenvalue weighted by atomic mass is 16.2. The van der Waals surface area contributed by atoms with Crippen molar-refractivity contribution in [3.8, 4) is 23.0 Å². The van der Waals surface area contributed by atoms with Gasteiger partial charge in [-0.3, -0.25) is 4.79 Å². The molecule has 29 heavy (non-hydrogen) atoms. The van der Waals surface area contributed by atoms with E-state index in [2.05, 4.69) is 16.5 Å². The molecule has 0 aliphatic carbocycles. The number of nitrogens with zero attached hydrogens (tertiary/aromatic N) is 4. The molecule has 2 heterocycles. The van der Waals surface area contributed by atoms with Gasteiger partial charge in [0, 0.05) is 24.7 Å². The van der Waals surface area contributed by atoms with Crippen LogP contribution in [0.1, 0.15) is 28.0 Å². The Morgan fingerprint density at radius 1 is 1.17 bits per heavy atom. The molecule has 6 heteroatoms. The van der Waals surface area contributed by atoms with Crippen molar-refractivity contribution in [1.29, 1.82) is 5.26 Å². The lowest BCUT2D eigenvalue weighted by atomic mass is 10.1. The Kier molecular flexibility index (Phi) is 5.15. The molecule has 6 nitrogen and oxygen atoms in total. The van der Waals surface area contributed by atoms with Crippen LogP contribution < -0.4 is 5.32 Å². The molecule has 0 spiro atoms. The van der Waals surface area contributed by atoms with Crippen LogP contribution in [0.2, 0.25) is 0 Å². The highest BCUT2D eigenvalue weighted by Gasteiger charge is 2.28. The van der Waals surface area contributed by atoms with Crippen LogP contribution in [0, 0.1) is 18.3 Å². The standard InChI is InChI=1S/C23H23N5O/c1-16-3-9-20(10-4-16)28-22(18-7-5-17(14-24)6-8-18)13-21(26-28)23(29)27-12-11-19(15-27)25-2/h3-10,13,19,25H,11-12,15H2,1-2H3/t19-/m1/s1. The number of hydrogen-bond donors (Lipinski definition) is 1. The van der Waals surface area contributed by atoms with Crippen LogP contribution in [0.3, 0.4) is 0 Å². The number of likely N-dealkylation sites (tertiary alicyclic amines) is 1. The number of carbonyl (C=O) groups is 1. The molecular formula is C23H23N5O. The van der Waals surface area contributed by atoms with Gasteiger partial charge in [0.25, 0.3) is 5.91 Å². The number of carbonyl (C=O) groups excluding carboxylic acids is 1. The number of benzene rings is 2. The smallest absolute Gasteiger partial charge is 0.274 e. The maximum absolute atomic E-state index is 13.1. The summed E-state index contributed by atoms with van der Waals surface area (Å²) in [6, 6.07) is 19.7. The van der Waals surface area contributed by atoms with Crippen molar-refractivity contribution in [2.45, 2.75) is 19.4 Å². The molecule has 0 unspecified atom stereocenters. The van der Waals surface area contributed by atoms with Gasteiger partial charge in [-0.25, -0.2) is 4.68 Å². The van der Waals surface area contributed by atoms with Gasteiger partial charge in [-0.05, 0) is 50.7 Å². The molecular weight excluding hydrogens is 362 g/mol. The first-order chi connectivity index (χ1) is 14.1. The van der Waals surface area contributed by atoms with E-state index in [4.69, 9.17) is 5.26 Å². The number of aromatic nitrogens is 2. The van der Waals surface area contributed by atoms with E-state index >= 15 is 0 Å². The van der Waals surface area contributed by atoms with Crippen molar-refractivity contribution in [2.75, 3.05) is 20.1 Å². The molecule has 1 atom stereocenters. The first-order valence-corrected chi connectivity index (χ1v) is 9.73. The predicted molar refractivity (Wildman–Crippen MR) is 112 cm³/mol. The minimum absolute atomic E-state index is 0.0523. The highest BCUT2D eigenvalue weighted by Crippen LogP contribution is 2.26. The highest BCUT2D eigenvalue weighted by molar-refractivity contribution is 5.94. The van der Waals surface area contributed by atoms with E-state index in [0.29, 0.717) is 23.8 Å². The fourth-order valence-corrected chi connectivity index (χ4v) is 3.63. The molecule has 0 saturated carbocycles. The Balaban J connectivity index is 1.75. The molecule has 2 aromatic carbocycles. The second-order valence-electron chi connectivity index (χ2n) is 7.38. The lowest BCUT2D eigenvalue weighted by molar-refractivity contribution is 0.0783. The maximum Gasteiger partial charge on any atom is 0.274 e. The molecule has 1 N–H and O–H groups in total. The van der Waals surface area contributed by atoms with Gasteiger partial charge in [-0.2, -0.15) is 10.4 Å². The summed E-state index contributed by atoms with van der Waals surface area (Å²) in [4.78, 5) is 14.9. The van der Waals surface area contributed by atoms with Crippen molar-refractivity contribution in [3.63, 3.8) is 0 Å². The fourth-order valence-electron chi connectivity index (χ4n) is 3.63. The summed E-state index contributed by atoms with van der Waals surface area (Å²) >= 11 is 0. The largest absolute Gasteiger partial charge is 0.336 e. The van der Waals surface area contributed by atoms with Crippen molar-refractivity contribution >= 4 is 5.91 Å². The van der Waals surface area contributed by atoms with Gasteiger partial charge in [0.1, 0.15) is 0 Å². The van der Waals surface area contributed by atoms with Crippen LogP contribution in [0.5, 0.6) is 0 Å². The van der Waals surface area contributed by atoms with E-state index in [1.165, 1.54) is 0 Å². The van der Waals surface area contributed by atoms with Gasteiger partial charge < -0.3 is 10.2 Å². The van der Waals surface area contributed by atoms with E-state index in [1.54, 1.807) is 16.8 Å². The van der Waals surface area contributed by atoms with E-state index in [-0.39, 0.29) is 5.91 Å². The summed E-state index contributed by atoms with van der Waals surface area (Å²) < 4.78 is 1.81. The lowest BCUT2D eigenvalue weighted by Gasteiger charge is -2.14. The van der Waals surface area contributed by atoms with Gasteiger partial charge >= 0.3 is 0 Å². The zero-order chi connectivity index (χ0) is 20.4. The monoisotopic (exact) mass is 385 g/mol. The zero-order valence-corrected chi connectivity index (χ0v) is 16.6. The van der Waals surface area contributed by atoms with Crippen LogP contribution in [0.25, 0.3) is 16.9 Å². The Labute approximate surface area is 170 Å². The molecule has 0 bridgehead atoms. The topological polar surface area (TPSA) is 74.0 Å². The summed E-state index contributed by atoms with van der Waals surface area (Å²) in [5.74, 6) is -0.0523. The van der Waals surface area contributed by atoms with Crippen molar-refractivity contribution < 1.29 is 4.79 Å². The summed E-state index contributed by atoms with van der Waals surface area (Å²) in [6.07, 6.45) is 0.948. The van der Waals surface area contributed by atoms with Gasteiger partial charge in [-0.15, -0.1) is 0 Å². The molecule has 1 fully saturated rings. The number of aryl methyl sites for hydroxylation is 1. The number of hydrogen-bond acceptors (Lipinski definition) is 4. The molecule has 146 valence electrons. The van der Waals surface area contributed by atoms with Crippen LogP contribution in [-0.2, 0) is 0 Å². The van der Waals surface area contributed by atoms with Gasteiger partial charge in [0.15, 0.2) is 5.69 Å². The summed E-state index contributed by atoms with van der Waals surface area (Å²) in [5, 5.41) is 17.0. The molecule has 1 aliphatic rings. The lowest BCUT2D eigenvalue weighted by Crippen LogP contribution is -2.33. The SMILES string of the molecule is CN[C@@H]1CCN(C(=O)c2cc(-c3ccc(C#N)cc3)n(-c3ccc(C)cc3)n2)C1. The Morgan fingerprint density at radius 2 is 1.90 bits per heavy atom. The summed E-state index contributed by atoms with van der Waals surface area (Å²) in [5.41, 5.74) is 4.82. The third-order valence-electron chi connectivity index (χ3n) is 5.40. The molecule has 0 radical (unpaired) electrons. The van der Waals surface area contributed by atoms with Crippen molar-refractivity contribution in [2.24, 2.45) is 0 Å². The molecule has 1 saturated heterocycles. The van der Waals surface area contributed by atoms with Gasteiger partial charge in [0.05, 0.1) is 23.0 Å². The second-order valence-corrected chi connectivity index (χ2v) is 7.38. The van der Waals surface area contributed by atoms with E-state index in [0.717, 1.165) is 35.5 Å². The predicted octanol–water partition coefficient (Wildman–Crippen LogP) is 3.15. The van der Waals surface area contributed by atoms with Crippen molar-refractivity contribution in [1.82, 2.24) is 20.0 Å². The number of likely N-dealkylation sites (N-methyl/N-ethyl adjacent to an activating group) is 1. The van der Waals surface area contributed by atoms with E-state index in [1.807, 2.05) is 61.3 Å². The number of rotatable bonds is 4. The Hall–Kier alpha value is -3.43. The quantitative estimate of drug-likeness (QED) is 0.749. The first kappa shape index (κ1) is 18.9. The maximum atomic E-state index is 13.1. The third kappa shape index (κ3) is 3.78. The second kappa shape index (κ2) is 7.90. The van der Waals surface area contributed by atoms with Gasteiger partial charge in [-0.1, -0.05) is 29.8 Å². The van der Waals surface area contributed by atoms with Crippen LogP contribution in [-0.4, -0.2) is 46.8 Å². The molecule has 1 amide bonds. The molecule has 1 aliphatic heterocycles. The first-order valence-electron chi connectivity index (χ1n) is 9.73. The number of nitrogens with one attached hydrogen (secondary N) is 1. The Morgan fingerprint density at radius 3 is 2.52 bits per heavy atom. The number of nitriles is 1.